The van der Waals surface area contributed by atoms with Crippen molar-refractivity contribution in [1.29, 1.82) is 0 Å². The van der Waals surface area contributed by atoms with Gasteiger partial charge in [-0.15, -0.1) is 0 Å². The molecule has 3 rings (SSSR count). The summed E-state index contributed by atoms with van der Waals surface area (Å²) < 4.78 is 51.2. The van der Waals surface area contributed by atoms with Crippen molar-refractivity contribution in [3.8, 4) is 11.5 Å². The predicted octanol–water partition coefficient (Wildman–Crippen LogP) is 3.69. The Morgan fingerprint density at radius 3 is 2.39 bits per heavy atom. The third kappa shape index (κ3) is 4.47. The number of anilines is 1. The Morgan fingerprint density at radius 2 is 1.77 bits per heavy atom. The smallest absolute Gasteiger partial charge is 0.438 e. The molecule has 7 nitrogen and oxygen atoms in total. The minimum Gasteiger partial charge on any atom is -0.497 e. The molecule has 0 aliphatic carbocycles. The molecule has 0 aliphatic heterocycles. The van der Waals surface area contributed by atoms with Crippen molar-refractivity contribution < 1.29 is 27.4 Å². The van der Waals surface area contributed by atoms with Crippen LogP contribution in [0.4, 0.5) is 18.9 Å². The number of aryl methyl sites for hydroxylation is 2. The highest BCUT2D eigenvalue weighted by Gasteiger charge is 2.37. The maximum Gasteiger partial charge on any atom is 0.438 e. The van der Waals surface area contributed by atoms with Gasteiger partial charge >= 0.3 is 6.18 Å². The second-order valence-electron chi connectivity index (χ2n) is 6.89. The Labute approximate surface area is 175 Å². The van der Waals surface area contributed by atoms with Crippen LogP contribution in [0.1, 0.15) is 16.8 Å². The summed E-state index contributed by atoms with van der Waals surface area (Å²) in [6, 6.07) is 7.65. The van der Waals surface area contributed by atoms with E-state index in [4.69, 9.17) is 9.47 Å². The number of hydrogen-bond acceptors (Lipinski definition) is 5. The van der Waals surface area contributed by atoms with Crippen molar-refractivity contribution in [1.82, 2.24) is 9.55 Å². The molecule has 1 N–H and O–H groups in total. The van der Waals surface area contributed by atoms with E-state index >= 15 is 0 Å². The molecule has 0 saturated heterocycles. The molecule has 0 unspecified atom stereocenters. The number of alkyl halides is 3. The van der Waals surface area contributed by atoms with E-state index < -0.39 is 29.9 Å². The summed E-state index contributed by atoms with van der Waals surface area (Å²) in [5.74, 6) is 0.0818. The van der Waals surface area contributed by atoms with Crippen LogP contribution in [0, 0.1) is 13.8 Å². The molecule has 0 aliphatic rings. The maximum absolute atomic E-state index is 13.4. The van der Waals surface area contributed by atoms with Gasteiger partial charge in [-0.25, -0.2) is 4.98 Å². The zero-order valence-corrected chi connectivity index (χ0v) is 17.3. The summed E-state index contributed by atoms with van der Waals surface area (Å²) in [4.78, 5) is 28.8. The minimum atomic E-state index is -4.96. The van der Waals surface area contributed by atoms with Crippen LogP contribution in [0.5, 0.6) is 11.5 Å². The van der Waals surface area contributed by atoms with Crippen LogP contribution in [-0.4, -0.2) is 29.7 Å². The molecular weight excluding hydrogens is 415 g/mol. The quantitative estimate of drug-likeness (QED) is 0.661. The first-order valence-electron chi connectivity index (χ1n) is 9.16. The van der Waals surface area contributed by atoms with Crippen molar-refractivity contribution in [2.24, 2.45) is 0 Å². The molecule has 2 aromatic carbocycles. The molecule has 0 saturated carbocycles. The predicted molar refractivity (Wildman–Crippen MR) is 109 cm³/mol. The third-order valence-corrected chi connectivity index (χ3v) is 4.81. The number of carbonyl (C=O) groups is 1. The van der Waals surface area contributed by atoms with Gasteiger partial charge in [-0.1, -0.05) is 0 Å². The number of amides is 1. The van der Waals surface area contributed by atoms with E-state index in [1.54, 1.807) is 26.0 Å². The van der Waals surface area contributed by atoms with Gasteiger partial charge in [0.15, 0.2) is 0 Å². The third-order valence-electron chi connectivity index (χ3n) is 4.81. The first kappa shape index (κ1) is 22.1. The Hall–Kier alpha value is -3.56. The molecule has 0 radical (unpaired) electrons. The average Bonchev–Trinajstić information content (AvgIpc) is 2.70. The largest absolute Gasteiger partial charge is 0.497 e. The van der Waals surface area contributed by atoms with E-state index in [0.29, 0.717) is 17.1 Å². The van der Waals surface area contributed by atoms with Crippen LogP contribution < -0.4 is 20.3 Å². The van der Waals surface area contributed by atoms with Crippen LogP contribution in [0.3, 0.4) is 0 Å². The molecular formula is C21H20F3N3O4. The Balaban J connectivity index is 2.06. The van der Waals surface area contributed by atoms with Crippen LogP contribution in [0.15, 0.2) is 35.1 Å². The van der Waals surface area contributed by atoms with Crippen LogP contribution in [-0.2, 0) is 17.5 Å². The highest BCUT2D eigenvalue weighted by Crippen LogP contribution is 2.30. The van der Waals surface area contributed by atoms with Gasteiger partial charge in [0.1, 0.15) is 18.0 Å². The summed E-state index contributed by atoms with van der Waals surface area (Å²) >= 11 is 0. The van der Waals surface area contributed by atoms with Crippen LogP contribution in [0.2, 0.25) is 0 Å². The fourth-order valence-corrected chi connectivity index (χ4v) is 3.07. The highest BCUT2D eigenvalue weighted by atomic mass is 19.4. The Bertz CT molecular complexity index is 1220. The summed E-state index contributed by atoms with van der Waals surface area (Å²) in [6.07, 6.45) is -4.96. The van der Waals surface area contributed by atoms with Crippen LogP contribution >= 0.6 is 0 Å². The van der Waals surface area contributed by atoms with E-state index in [-0.39, 0.29) is 16.7 Å². The van der Waals surface area contributed by atoms with Gasteiger partial charge in [0.2, 0.25) is 11.6 Å². The Morgan fingerprint density at radius 1 is 1.10 bits per heavy atom. The van der Waals surface area contributed by atoms with Gasteiger partial charge in [0, 0.05) is 6.07 Å². The fraction of sp³-hybridized carbons (Fsp3) is 0.286. The number of methoxy groups -OCH3 is 2. The topological polar surface area (TPSA) is 82.5 Å². The number of nitrogens with zero attached hydrogens (tertiary/aromatic N) is 2. The van der Waals surface area contributed by atoms with Crippen molar-refractivity contribution in [3.63, 3.8) is 0 Å². The highest BCUT2D eigenvalue weighted by molar-refractivity contribution is 5.93. The average molecular weight is 435 g/mol. The summed E-state index contributed by atoms with van der Waals surface area (Å²) in [5.41, 5.74) is -1.10. The standard InChI is InChI=1S/C21H20F3N3O4/c1-11-7-15-16(8-12(11)2)27(20(29)19(26-15)21(22,23)24)10-18(28)25-14-6-5-13(30-3)9-17(14)31-4/h5-9H,10H2,1-4H3,(H,25,28). The van der Waals surface area contributed by atoms with Gasteiger partial charge in [-0.3, -0.25) is 14.2 Å². The lowest BCUT2D eigenvalue weighted by atomic mass is 10.1. The monoisotopic (exact) mass is 435 g/mol. The molecule has 0 bridgehead atoms. The Kier molecular flexibility index (Phi) is 5.92. The van der Waals surface area contributed by atoms with Gasteiger partial charge in [-0.2, -0.15) is 13.2 Å². The SMILES string of the molecule is COc1ccc(NC(=O)Cn2c(=O)c(C(F)(F)F)nc3cc(C)c(C)cc32)c(OC)c1. The van der Waals surface area contributed by atoms with Gasteiger partial charge in [0.25, 0.3) is 5.56 Å². The molecule has 1 heterocycles. The molecule has 0 fully saturated rings. The lowest BCUT2D eigenvalue weighted by Crippen LogP contribution is -2.34. The number of aromatic nitrogens is 2. The molecule has 31 heavy (non-hydrogen) atoms. The fourth-order valence-electron chi connectivity index (χ4n) is 3.07. The number of benzene rings is 2. The number of carbonyl (C=O) groups excluding carboxylic acids is 1. The number of nitrogens with one attached hydrogen (secondary N) is 1. The first-order valence-corrected chi connectivity index (χ1v) is 9.16. The van der Waals surface area contributed by atoms with E-state index in [1.807, 2.05) is 0 Å². The van der Waals surface area contributed by atoms with Crippen LogP contribution in [0.25, 0.3) is 11.0 Å². The summed E-state index contributed by atoms with van der Waals surface area (Å²) in [5, 5.41) is 2.56. The molecule has 164 valence electrons. The van der Waals surface area contributed by atoms with Gasteiger partial charge < -0.3 is 14.8 Å². The van der Waals surface area contributed by atoms with E-state index in [9.17, 15) is 22.8 Å². The van der Waals surface area contributed by atoms with E-state index in [2.05, 4.69) is 10.3 Å². The lowest BCUT2D eigenvalue weighted by Gasteiger charge is -2.16. The van der Waals surface area contributed by atoms with E-state index in [1.165, 1.54) is 32.4 Å². The molecule has 10 heteroatoms. The summed E-state index contributed by atoms with van der Waals surface area (Å²) in [7, 11) is 2.86. The number of fused-ring (bicyclic) bond motifs is 1. The molecule has 1 amide bonds. The van der Waals surface area contributed by atoms with Crippen molar-refractivity contribution in [2.45, 2.75) is 26.6 Å². The number of rotatable bonds is 5. The minimum absolute atomic E-state index is 0.0233. The van der Waals surface area contributed by atoms with Crippen molar-refractivity contribution in [2.75, 3.05) is 19.5 Å². The lowest BCUT2D eigenvalue weighted by molar-refractivity contribution is -0.142. The van der Waals surface area contributed by atoms with Gasteiger partial charge in [-0.05, 0) is 49.2 Å². The molecule has 0 atom stereocenters. The zero-order valence-electron chi connectivity index (χ0n) is 17.3. The summed E-state index contributed by atoms with van der Waals surface area (Å²) in [6.45, 7) is 2.84. The van der Waals surface area contributed by atoms with Crippen molar-refractivity contribution >= 4 is 22.6 Å². The molecule has 0 spiro atoms. The zero-order chi connectivity index (χ0) is 22.9. The van der Waals surface area contributed by atoms with Gasteiger partial charge in [0.05, 0.1) is 30.9 Å². The maximum atomic E-state index is 13.4. The first-order chi connectivity index (χ1) is 14.5. The van der Waals surface area contributed by atoms with E-state index in [0.717, 1.165) is 10.1 Å². The number of ether oxygens (including phenoxy) is 2. The molecule has 3 aromatic rings. The normalized spacial score (nSPS) is 11.5. The van der Waals surface area contributed by atoms with Crippen molar-refractivity contribution in [3.05, 3.63) is 57.5 Å². The second-order valence-corrected chi connectivity index (χ2v) is 6.89. The number of hydrogen-bond donors (Lipinski definition) is 1. The molecule has 1 aromatic heterocycles. The number of halogens is 3. The second kappa shape index (κ2) is 8.29.